The van der Waals surface area contributed by atoms with E-state index in [9.17, 15) is 4.79 Å². The molecule has 104 valence electrons. The second-order valence-corrected chi connectivity index (χ2v) is 5.36. The largest absolute Gasteiger partial charge is 0.368 e. The molecule has 1 fully saturated rings. The maximum atomic E-state index is 11.9. The van der Waals surface area contributed by atoms with E-state index in [0.717, 1.165) is 39.0 Å². The van der Waals surface area contributed by atoms with Crippen LogP contribution in [-0.2, 0) is 11.2 Å². The number of aryl methyl sites for hydroxylation is 1. The molecule has 1 aromatic carbocycles. The first-order valence-electron chi connectivity index (χ1n) is 6.92. The monoisotopic (exact) mass is 261 g/mol. The Morgan fingerprint density at radius 2 is 1.95 bits per heavy atom. The average Bonchev–Trinajstić information content (AvgIpc) is 2.46. The zero-order valence-corrected chi connectivity index (χ0v) is 11.6. The number of hydrogen-bond acceptors (Lipinski definition) is 3. The van der Waals surface area contributed by atoms with Crippen molar-refractivity contribution in [2.24, 2.45) is 5.73 Å². The van der Waals surface area contributed by atoms with Gasteiger partial charge in [0, 0.05) is 26.2 Å². The molecule has 1 aliphatic heterocycles. The van der Waals surface area contributed by atoms with Crippen LogP contribution in [0.25, 0.3) is 0 Å². The van der Waals surface area contributed by atoms with E-state index in [-0.39, 0.29) is 5.91 Å². The summed E-state index contributed by atoms with van der Waals surface area (Å²) in [4.78, 5) is 14.1. The van der Waals surface area contributed by atoms with Crippen molar-refractivity contribution in [3.8, 4) is 0 Å². The van der Waals surface area contributed by atoms with Crippen LogP contribution in [0.1, 0.15) is 18.9 Å². The van der Waals surface area contributed by atoms with Crippen LogP contribution in [-0.4, -0.2) is 42.5 Å². The lowest BCUT2D eigenvalue weighted by Crippen LogP contribution is -2.60. The molecule has 1 unspecified atom stereocenters. The van der Waals surface area contributed by atoms with Crippen molar-refractivity contribution < 1.29 is 4.79 Å². The third kappa shape index (κ3) is 3.33. The summed E-state index contributed by atoms with van der Waals surface area (Å²) in [7, 11) is 0. The normalized spacial score (nSPS) is 19.8. The Kier molecular flexibility index (Phi) is 4.56. The van der Waals surface area contributed by atoms with Gasteiger partial charge < -0.3 is 11.1 Å². The number of primary amides is 1. The Labute approximate surface area is 115 Å². The van der Waals surface area contributed by atoms with E-state index in [4.69, 9.17) is 5.73 Å². The van der Waals surface area contributed by atoms with Crippen LogP contribution in [0.4, 0.5) is 0 Å². The number of carbonyl (C=O) groups is 1. The van der Waals surface area contributed by atoms with Crippen molar-refractivity contribution in [2.75, 3.05) is 26.2 Å². The lowest BCUT2D eigenvalue weighted by Gasteiger charge is -2.41. The number of piperazine rings is 1. The molecule has 1 heterocycles. The predicted octanol–water partition coefficient (Wildman–Crippen LogP) is 0.768. The first-order valence-corrected chi connectivity index (χ1v) is 6.92. The van der Waals surface area contributed by atoms with Crippen molar-refractivity contribution in [3.63, 3.8) is 0 Å². The molecule has 0 aliphatic carbocycles. The highest BCUT2D eigenvalue weighted by Gasteiger charge is 2.37. The summed E-state index contributed by atoms with van der Waals surface area (Å²) in [5, 5.41) is 3.31. The number of benzene rings is 1. The topological polar surface area (TPSA) is 58.4 Å². The van der Waals surface area contributed by atoms with Crippen molar-refractivity contribution in [2.45, 2.75) is 25.3 Å². The minimum Gasteiger partial charge on any atom is -0.368 e. The summed E-state index contributed by atoms with van der Waals surface area (Å²) in [5.41, 5.74) is 6.38. The van der Waals surface area contributed by atoms with E-state index in [1.807, 2.05) is 25.1 Å². The Balaban J connectivity index is 2.04. The van der Waals surface area contributed by atoms with E-state index in [2.05, 4.69) is 22.3 Å². The van der Waals surface area contributed by atoms with Gasteiger partial charge in [-0.2, -0.15) is 0 Å². The van der Waals surface area contributed by atoms with Crippen LogP contribution < -0.4 is 11.1 Å². The zero-order valence-electron chi connectivity index (χ0n) is 11.6. The van der Waals surface area contributed by atoms with E-state index in [1.54, 1.807) is 0 Å². The van der Waals surface area contributed by atoms with Crippen molar-refractivity contribution >= 4 is 5.91 Å². The van der Waals surface area contributed by atoms with Gasteiger partial charge in [0.15, 0.2) is 0 Å². The molecule has 0 saturated carbocycles. The highest BCUT2D eigenvalue weighted by atomic mass is 16.1. The van der Waals surface area contributed by atoms with E-state index in [1.165, 1.54) is 5.56 Å². The Morgan fingerprint density at radius 1 is 1.32 bits per heavy atom. The molecule has 0 bridgehead atoms. The molecule has 19 heavy (non-hydrogen) atoms. The Bertz CT molecular complexity index is 415. The van der Waals surface area contributed by atoms with Crippen LogP contribution >= 0.6 is 0 Å². The van der Waals surface area contributed by atoms with E-state index in [0.29, 0.717) is 0 Å². The molecule has 1 aliphatic rings. The van der Waals surface area contributed by atoms with E-state index >= 15 is 0 Å². The second-order valence-electron chi connectivity index (χ2n) is 5.36. The lowest BCUT2D eigenvalue weighted by molar-refractivity contribution is -0.130. The number of nitrogens with one attached hydrogen (secondary N) is 1. The third-order valence-corrected chi connectivity index (χ3v) is 4.09. The van der Waals surface area contributed by atoms with Gasteiger partial charge in [-0.15, -0.1) is 0 Å². The molecule has 1 atom stereocenters. The van der Waals surface area contributed by atoms with Gasteiger partial charge >= 0.3 is 0 Å². The summed E-state index contributed by atoms with van der Waals surface area (Å²) in [6.45, 7) is 5.59. The van der Waals surface area contributed by atoms with Gasteiger partial charge in [-0.1, -0.05) is 30.3 Å². The van der Waals surface area contributed by atoms with Crippen LogP contribution in [0.2, 0.25) is 0 Å². The smallest absolute Gasteiger partial charge is 0.237 e. The number of rotatable bonds is 5. The van der Waals surface area contributed by atoms with Crippen LogP contribution in [0, 0.1) is 0 Å². The number of nitrogens with zero attached hydrogens (tertiary/aromatic N) is 1. The predicted molar refractivity (Wildman–Crippen MR) is 76.8 cm³/mol. The van der Waals surface area contributed by atoms with Gasteiger partial charge in [-0.3, -0.25) is 9.69 Å². The van der Waals surface area contributed by atoms with Crippen molar-refractivity contribution in [1.29, 1.82) is 0 Å². The van der Waals surface area contributed by atoms with Crippen LogP contribution in [0.3, 0.4) is 0 Å². The molecule has 0 spiro atoms. The molecule has 2 rings (SSSR count). The highest BCUT2D eigenvalue weighted by molar-refractivity contribution is 5.84. The molecule has 0 aromatic heterocycles. The summed E-state index contributed by atoms with van der Waals surface area (Å²) in [5.74, 6) is -0.217. The quantitative estimate of drug-likeness (QED) is 0.823. The molecule has 1 aromatic rings. The Hall–Kier alpha value is -1.39. The zero-order chi connectivity index (χ0) is 13.7. The Morgan fingerprint density at radius 3 is 2.53 bits per heavy atom. The van der Waals surface area contributed by atoms with Gasteiger partial charge in [-0.05, 0) is 25.3 Å². The first kappa shape index (κ1) is 14.0. The maximum absolute atomic E-state index is 11.9. The van der Waals surface area contributed by atoms with Gasteiger partial charge in [0.1, 0.15) is 0 Å². The summed E-state index contributed by atoms with van der Waals surface area (Å²) in [6.07, 6.45) is 1.65. The standard InChI is InChI=1S/C15H23N3O/c1-15(14(16)19,18-11-9-17-10-12-18)8-7-13-5-3-2-4-6-13/h2-6,17H,7-12H2,1H3,(H2,16,19). The van der Waals surface area contributed by atoms with E-state index < -0.39 is 5.54 Å². The second kappa shape index (κ2) is 6.17. The molecule has 4 nitrogen and oxygen atoms in total. The third-order valence-electron chi connectivity index (χ3n) is 4.09. The highest BCUT2D eigenvalue weighted by Crippen LogP contribution is 2.22. The number of nitrogens with two attached hydrogens (primary N) is 1. The SMILES string of the molecule is CC(CCc1ccccc1)(C(N)=O)N1CCNCC1. The minimum absolute atomic E-state index is 0.217. The lowest BCUT2D eigenvalue weighted by atomic mass is 9.90. The van der Waals surface area contributed by atoms with Gasteiger partial charge in [0.2, 0.25) is 5.91 Å². The van der Waals surface area contributed by atoms with Gasteiger partial charge in [-0.25, -0.2) is 0 Å². The summed E-state index contributed by atoms with van der Waals surface area (Å²) in [6, 6.07) is 10.3. The van der Waals surface area contributed by atoms with Crippen molar-refractivity contribution in [3.05, 3.63) is 35.9 Å². The fourth-order valence-electron chi connectivity index (χ4n) is 2.63. The molecule has 1 amide bonds. The average molecular weight is 261 g/mol. The fourth-order valence-corrected chi connectivity index (χ4v) is 2.63. The molecular weight excluding hydrogens is 238 g/mol. The van der Waals surface area contributed by atoms with Gasteiger partial charge in [0.25, 0.3) is 0 Å². The van der Waals surface area contributed by atoms with Crippen LogP contribution in [0.5, 0.6) is 0 Å². The summed E-state index contributed by atoms with van der Waals surface area (Å²) < 4.78 is 0. The van der Waals surface area contributed by atoms with Crippen molar-refractivity contribution in [1.82, 2.24) is 10.2 Å². The molecule has 0 radical (unpaired) electrons. The number of carbonyl (C=O) groups excluding carboxylic acids is 1. The molecule has 4 heteroatoms. The fraction of sp³-hybridized carbons (Fsp3) is 0.533. The van der Waals surface area contributed by atoms with Crippen LogP contribution in [0.15, 0.2) is 30.3 Å². The summed E-state index contributed by atoms with van der Waals surface area (Å²) >= 11 is 0. The van der Waals surface area contributed by atoms with Gasteiger partial charge in [0.05, 0.1) is 5.54 Å². The first-order chi connectivity index (χ1) is 9.13. The number of hydrogen-bond donors (Lipinski definition) is 2. The molecule has 1 saturated heterocycles. The molecule has 3 N–H and O–H groups in total. The number of amides is 1. The maximum Gasteiger partial charge on any atom is 0.237 e. The minimum atomic E-state index is -0.544. The molecular formula is C15H23N3O.